The lowest BCUT2D eigenvalue weighted by molar-refractivity contribution is 0.579. The van der Waals surface area contributed by atoms with Gasteiger partial charge in [0.1, 0.15) is 0 Å². The fourth-order valence-electron chi connectivity index (χ4n) is 2.09. The van der Waals surface area contributed by atoms with Gasteiger partial charge in [0.25, 0.3) is 0 Å². The molecule has 21 heavy (non-hydrogen) atoms. The highest BCUT2D eigenvalue weighted by molar-refractivity contribution is 7.91. The molecule has 0 fully saturated rings. The van der Waals surface area contributed by atoms with Crippen LogP contribution in [0.1, 0.15) is 12.0 Å². The number of benzene rings is 2. The van der Waals surface area contributed by atoms with E-state index in [1.54, 1.807) is 30.3 Å². The average Bonchev–Trinajstić information content (AvgIpc) is 2.47. The Bertz CT molecular complexity index is 630. The van der Waals surface area contributed by atoms with Crippen molar-refractivity contribution in [2.75, 3.05) is 5.75 Å². The third-order valence-electron chi connectivity index (χ3n) is 3.18. The van der Waals surface area contributed by atoms with Gasteiger partial charge >= 0.3 is 0 Å². The van der Waals surface area contributed by atoms with E-state index in [0.717, 1.165) is 6.42 Å². The summed E-state index contributed by atoms with van der Waals surface area (Å²) in [4.78, 5) is 0.343. The van der Waals surface area contributed by atoms with Crippen LogP contribution in [0.5, 0.6) is 0 Å². The molecular formula is C16H20ClNO2S. The minimum atomic E-state index is -3.29. The maximum absolute atomic E-state index is 12.2. The summed E-state index contributed by atoms with van der Waals surface area (Å²) in [7, 11) is -3.29. The number of halogens is 1. The summed E-state index contributed by atoms with van der Waals surface area (Å²) < 4.78 is 24.3. The van der Waals surface area contributed by atoms with Gasteiger partial charge in [-0.05, 0) is 30.5 Å². The van der Waals surface area contributed by atoms with Crippen LogP contribution in [0.25, 0.3) is 0 Å². The van der Waals surface area contributed by atoms with Crippen molar-refractivity contribution in [1.82, 2.24) is 0 Å². The van der Waals surface area contributed by atoms with Crippen molar-refractivity contribution in [3.8, 4) is 0 Å². The van der Waals surface area contributed by atoms with Gasteiger partial charge in [0, 0.05) is 6.04 Å². The minimum absolute atomic E-state index is 0. The van der Waals surface area contributed by atoms with E-state index in [2.05, 4.69) is 0 Å². The molecule has 0 aliphatic rings. The molecule has 0 spiro atoms. The maximum Gasteiger partial charge on any atom is 0.179 e. The first-order valence-electron chi connectivity index (χ1n) is 6.65. The molecule has 3 nitrogen and oxygen atoms in total. The van der Waals surface area contributed by atoms with Crippen molar-refractivity contribution in [1.29, 1.82) is 0 Å². The minimum Gasteiger partial charge on any atom is -0.327 e. The third kappa shape index (κ3) is 5.50. The first kappa shape index (κ1) is 17.7. The first-order chi connectivity index (χ1) is 9.58. The van der Waals surface area contributed by atoms with Crippen LogP contribution < -0.4 is 5.73 Å². The summed E-state index contributed by atoms with van der Waals surface area (Å²) in [6.45, 7) is 0. The predicted molar refractivity (Wildman–Crippen MR) is 88.5 cm³/mol. The van der Waals surface area contributed by atoms with Crippen molar-refractivity contribution in [3.63, 3.8) is 0 Å². The maximum atomic E-state index is 12.2. The zero-order valence-corrected chi connectivity index (χ0v) is 13.3. The molecule has 1 atom stereocenters. The fraction of sp³-hybridized carbons (Fsp3) is 0.250. The number of hydrogen-bond donors (Lipinski definition) is 1. The Hall–Kier alpha value is -1.36. The second kappa shape index (κ2) is 8.17. The van der Waals surface area contributed by atoms with E-state index >= 15 is 0 Å². The summed E-state index contributed by atoms with van der Waals surface area (Å²) in [6.07, 6.45) is 1.46. The molecule has 0 heterocycles. The highest BCUT2D eigenvalue weighted by Gasteiger charge is 2.18. The van der Waals surface area contributed by atoms with Gasteiger partial charge in [-0.2, -0.15) is 0 Å². The predicted octanol–water partition coefficient (Wildman–Crippen LogP) is 2.84. The van der Waals surface area contributed by atoms with Crippen LogP contribution in [0, 0.1) is 0 Å². The zero-order chi connectivity index (χ0) is 14.4. The van der Waals surface area contributed by atoms with Crippen LogP contribution in [-0.4, -0.2) is 20.2 Å². The second-order valence-electron chi connectivity index (χ2n) is 4.88. The van der Waals surface area contributed by atoms with E-state index < -0.39 is 9.84 Å². The lowest BCUT2D eigenvalue weighted by atomic mass is 10.1. The molecule has 2 N–H and O–H groups in total. The van der Waals surface area contributed by atoms with Gasteiger partial charge in [0.15, 0.2) is 9.84 Å². The van der Waals surface area contributed by atoms with Gasteiger partial charge in [0.05, 0.1) is 10.6 Å². The lowest BCUT2D eigenvalue weighted by Gasteiger charge is -2.12. The molecule has 2 aromatic rings. The molecule has 2 rings (SSSR count). The van der Waals surface area contributed by atoms with Crippen molar-refractivity contribution in [3.05, 3.63) is 66.2 Å². The van der Waals surface area contributed by atoms with Gasteiger partial charge in [-0.1, -0.05) is 48.5 Å². The van der Waals surface area contributed by atoms with Crippen molar-refractivity contribution >= 4 is 22.2 Å². The van der Waals surface area contributed by atoms with Crippen LogP contribution in [-0.2, 0) is 16.3 Å². The van der Waals surface area contributed by atoms with Gasteiger partial charge in [-0.25, -0.2) is 8.42 Å². The molecule has 0 aliphatic heterocycles. The molecule has 0 saturated heterocycles. The van der Waals surface area contributed by atoms with Gasteiger partial charge in [-0.3, -0.25) is 0 Å². The molecular weight excluding hydrogens is 306 g/mol. The van der Waals surface area contributed by atoms with E-state index in [4.69, 9.17) is 5.73 Å². The van der Waals surface area contributed by atoms with Crippen LogP contribution in [0.3, 0.4) is 0 Å². The molecule has 1 unspecified atom stereocenters. The van der Waals surface area contributed by atoms with Gasteiger partial charge in [0.2, 0.25) is 0 Å². The molecule has 0 aliphatic carbocycles. The summed E-state index contributed by atoms with van der Waals surface area (Å²) in [5, 5.41) is 0. The number of hydrogen-bond acceptors (Lipinski definition) is 3. The zero-order valence-electron chi connectivity index (χ0n) is 11.7. The van der Waals surface area contributed by atoms with E-state index in [-0.39, 0.29) is 24.2 Å². The smallest absolute Gasteiger partial charge is 0.179 e. The van der Waals surface area contributed by atoms with Crippen LogP contribution in [0.2, 0.25) is 0 Å². The first-order valence-corrected chi connectivity index (χ1v) is 8.30. The highest BCUT2D eigenvalue weighted by atomic mass is 35.5. The molecule has 5 heteroatoms. The Morgan fingerprint density at radius 3 is 2.00 bits per heavy atom. The van der Waals surface area contributed by atoms with E-state index in [1.165, 1.54) is 5.56 Å². The van der Waals surface area contributed by atoms with Crippen LogP contribution >= 0.6 is 12.4 Å². The largest absolute Gasteiger partial charge is 0.327 e. The van der Waals surface area contributed by atoms with E-state index in [0.29, 0.717) is 11.3 Å². The van der Waals surface area contributed by atoms with Crippen LogP contribution in [0.4, 0.5) is 0 Å². The Balaban J connectivity index is 0.00000220. The summed E-state index contributed by atoms with van der Waals surface area (Å²) in [6, 6.07) is 18.1. The summed E-state index contributed by atoms with van der Waals surface area (Å²) in [5.41, 5.74) is 7.15. The Morgan fingerprint density at radius 1 is 0.905 bits per heavy atom. The Morgan fingerprint density at radius 2 is 1.43 bits per heavy atom. The van der Waals surface area contributed by atoms with Crippen molar-refractivity contribution in [2.45, 2.75) is 23.8 Å². The summed E-state index contributed by atoms with van der Waals surface area (Å²) >= 11 is 0. The second-order valence-corrected chi connectivity index (χ2v) is 6.91. The number of nitrogens with two attached hydrogens (primary N) is 1. The summed E-state index contributed by atoms with van der Waals surface area (Å²) in [5.74, 6) is -0.0101. The molecule has 0 aromatic heterocycles. The monoisotopic (exact) mass is 325 g/mol. The lowest BCUT2D eigenvalue weighted by Crippen LogP contribution is -2.30. The molecule has 2 aromatic carbocycles. The third-order valence-corrected chi connectivity index (χ3v) is 5.04. The Kier molecular flexibility index (Phi) is 6.89. The van der Waals surface area contributed by atoms with Crippen molar-refractivity contribution in [2.24, 2.45) is 5.73 Å². The standard InChI is InChI=1S/C16H19NO2S.ClH/c17-15(12-11-14-7-3-1-4-8-14)13-20(18,19)16-9-5-2-6-10-16;/h1-10,15H,11-13,17H2;1H. The van der Waals surface area contributed by atoms with E-state index in [1.807, 2.05) is 30.3 Å². The average molecular weight is 326 g/mol. The fourth-order valence-corrected chi connectivity index (χ4v) is 3.58. The van der Waals surface area contributed by atoms with Crippen molar-refractivity contribution < 1.29 is 8.42 Å². The molecule has 0 bridgehead atoms. The normalized spacial score (nSPS) is 12.4. The number of sulfone groups is 1. The number of rotatable bonds is 6. The molecule has 0 amide bonds. The Labute approximate surface area is 132 Å². The molecule has 0 saturated carbocycles. The van der Waals surface area contributed by atoms with E-state index in [9.17, 15) is 8.42 Å². The van der Waals surface area contributed by atoms with Gasteiger partial charge < -0.3 is 5.73 Å². The number of aryl methyl sites for hydroxylation is 1. The molecule has 114 valence electrons. The highest BCUT2D eigenvalue weighted by Crippen LogP contribution is 2.13. The van der Waals surface area contributed by atoms with Crippen LogP contribution in [0.15, 0.2) is 65.6 Å². The van der Waals surface area contributed by atoms with Gasteiger partial charge in [-0.15, -0.1) is 12.4 Å². The SMILES string of the molecule is Cl.NC(CCc1ccccc1)CS(=O)(=O)c1ccccc1. The topological polar surface area (TPSA) is 60.2 Å². The quantitative estimate of drug-likeness (QED) is 0.888. The molecule has 0 radical (unpaired) electrons.